The maximum absolute atomic E-state index is 12.4. The van der Waals surface area contributed by atoms with Crippen molar-refractivity contribution in [3.63, 3.8) is 0 Å². The molecule has 2 saturated heterocycles. The van der Waals surface area contributed by atoms with Crippen LogP contribution < -0.4 is 10.6 Å². The fourth-order valence-corrected chi connectivity index (χ4v) is 3.78. The van der Waals surface area contributed by atoms with E-state index in [1.807, 2.05) is 31.2 Å². The predicted molar refractivity (Wildman–Crippen MR) is 93.7 cm³/mol. The van der Waals surface area contributed by atoms with Gasteiger partial charge in [-0.3, -0.25) is 4.79 Å². The van der Waals surface area contributed by atoms with E-state index in [1.165, 1.54) is 32.5 Å². The van der Waals surface area contributed by atoms with Gasteiger partial charge in [0.15, 0.2) is 0 Å². The predicted octanol–water partition coefficient (Wildman–Crippen LogP) is 2.19. The molecule has 0 atom stereocenters. The molecule has 2 heterocycles. The van der Waals surface area contributed by atoms with E-state index in [2.05, 4.69) is 15.5 Å². The molecule has 0 unspecified atom stereocenters. The third kappa shape index (κ3) is 4.55. The summed E-state index contributed by atoms with van der Waals surface area (Å²) in [5.41, 5.74) is 1.86. The van der Waals surface area contributed by atoms with E-state index in [0.29, 0.717) is 6.04 Å². The van der Waals surface area contributed by atoms with Crippen LogP contribution in [0.4, 0.5) is 0 Å². The number of aryl methyl sites for hydroxylation is 1. The van der Waals surface area contributed by atoms with Gasteiger partial charge in [-0.15, -0.1) is 0 Å². The number of nitrogens with one attached hydrogen (secondary N) is 2. The highest BCUT2D eigenvalue weighted by atomic mass is 16.1. The van der Waals surface area contributed by atoms with E-state index in [-0.39, 0.29) is 5.91 Å². The molecule has 0 radical (unpaired) electrons. The Balaban J connectivity index is 1.44. The maximum atomic E-state index is 12.4. The van der Waals surface area contributed by atoms with E-state index < -0.39 is 0 Å². The first-order valence-electron chi connectivity index (χ1n) is 9.02. The number of rotatable bonds is 4. The van der Waals surface area contributed by atoms with Crippen molar-refractivity contribution >= 4 is 5.91 Å². The largest absolute Gasteiger partial charge is 0.349 e. The molecular formula is C19H29N3O. The lowest BCUT2D eigenvalue weighted by Crippen LogP contribution is -2.46. The van der Waals surface area contributed by atoms with Crippen molar-refractivity contribution in [2.75, 3.05) is 32.7 Å². The second-order valence-corrected chi connectivity index (χ2v) is 7.06. The van der Waals surface area contributed by atoms with Gasteiger partial charge in [0.05, 0.1) is 0 Å². The quantitative estimate of drug-likeness (QED) is 0.895. The van der Waals surface area contributed by atoms with Crippen LogP contribution >= 0.6 is 0 Å². The molecule has 0 aromatic heterocycles. The van der Waals surface area contributed by atoms with Crippen LogP contribution in [0.5, 0.6) is 0 Å². The van der Waals surface area contributed by atoms with Crippen molar-refractivity contribution < 1.29 is 4.79 Å². The zero-order valence-corrected chi connectivity index (χ0v) is 14.2. The van der Waals surface area contributed by atoms with Crippen LogP contribution in [0.15, 0.2) is 24.3 Å². The van der Waals surface area contributed by atoms with Crippen LogP contribution in [0.2, 0.25) is 0 Å². The first-order chi connectivity index (χ1) is 11.2. The summed E-state index contributed by atoms with van der Waals surface area (Å²) in [4.78, 5) is 15.0. The summed E-state index contributed by atoms with van der Waals surface area (Å²) in [6.45, 7) is 7.81. The van der Waals surface area contributed by atoms with Crippen molar-refractivity contribution in [1.29, 1.82) is 0 Å². The topological polar surface area (TPSA) is 44.4 Å². The molecule has 2 N–H and O–H groups in total. The van der Waals surface area contributed by atoms with E-state index in [4.69, 9.17) is 0 Å². The van der Waals surface area contributed by atoms with Gasteiger partial charge in [0.1, 0.15) is 0 Å². The molecule has 0 aliphatic carbocycles. The van der Waals surface area contributed by atoms with Crippen molar-refractivity contribution in [1.82, 2.24) is 15.5 Å². The molecule has 0 saturated carbocycles. The van der Waals surface area contributed by atoms with Crippen LogP contribution in [0.1, 0.15) is 41.6 Å². The highest BCUT2D eigenvalue weighted by Gasteiger charge is 2.24. The summed E-state index contributed by atoms with van der Waals surface area (Å²) in [6, 6.07) is 8.15. The Hall–Kier alpha value is -1.39. The lowest BCUT2D eigenvalue weighted by Gasteiger charge is -2.35. The Labute approximate surface area is 139 Å². The summed E-state index contributed by atoms with van der Waals surface area (Å²) < 4.78 is 0. The number of piperidine rings is 2. The molecule has 2 fully saturated rings. The number of hydrogen-bond donors (Lipinski definition) is 2. The van der Waals surface area contributed by atoms with Crippen LogP contribution in [-0.2, 0) is 0 Å². The van der Waals surface area contributed by atoms with Crippen molar-refractivity contribution in [3.8, 4) is 0 Å². The molecule has 1 amide bonds. The first kappa shape index (κ1) is 16.5. The third-order valence-corrected chi connectivity index (χ3v) is 5.29. The van der Waals surface area contributed by atoms with Gasteiger partial charge >= 0.3 is 0 Å². The van der Waals surface area contributed by atoms with Gasteiger partial charge in [-0.05, 0) is 63.2 Å². The van der Waals surface area contributed by atoms with Crippen molar-refractivity contribution in [3.05, 3.63) is 35.4 Å². The molecule has 2 aliphatic heterocycles. The van der Waals surface area contributed by atoms with E-state index in [1.54, 1.807) is 0 Å². The van der Waals surface area contributed by atoms with Gasteiger partial charge in [0.2, 0.25) is 0 Å². The van der Waals surface area contributed by atoms with Gasteiger partial charge in [-0.1, -0.05) is 18.2 Å². The van der Waals surface area contributed by atoms with Crippen LogP contribution in [0.25, 0.3) is 0 Å². The Morgan fingerprint density at radius 3 is 2.57 bits per heavy atom. The standard InChI is InChI=1S/C19H29N3O/c1-15-4-2-3-5-18(15)19(23)21-17-8-12-22(13-9-17)14-16-6-10-20-11-7-16/h2-5,16-17,20H,6-14H2,1H3,(H,21,23). The highest BCUT2D eigenvalue weighted by Crippen LogP contribution is 2.18. The van der Waals surface area contributed by atoms with Crippen molar-refractivity contribution in [2.45, 2.75) is 38.6 Å². The summed E-state index contributed by atoms with van der Waals surface area (Å²) in [5.74, 6) is 0.939. The SMILES string of the molecule is Cc1ccccc1C(=O)NC1CCN(CC2CCNCC2)CC1. The molecule has 126 valence electrons. The third-order valence-electron chi connectivity index (χ3n) is 5.29. The Kier molecular flexibility index (Phi) is 5.68. The number of hydrogen-bond acceptors (Lipinski definition) is 3. The Bertz CT molecular complexity index is 517. The number of benzene rings is 1. The fraction of sp³-hybridized carbons (Fsp3) is 0.632. The lowest BCUT2D eigenvalue weighted by atomic mass is 9.95. The van der Waals surface area contributed by atoms with E-state index in [0.717, 1.165) is 43.0 Å². The summed E-state index contributed by atoms with van der Waals surface area (Å²) >= 11 is 0. The van der Waals surface area contributed by atoms with Crippen molar-refractivity contribution in [2.24, 2.45) is 5.92 Å². The molecule has 4 heteroatoms. The number of likely N-dealkylation sites (tertiary alicyclic amines) is 1. The molecule has 1 aromatic carbocycles. The minimum absolute atomic E-state index is 0.0832. The second kappa shape index (κ2) is 7.93. The molecule has 0 bridgehead atoms. The molecule has 23 heavy (non-hydrogen) atoms. The van der Waals surface area contributed by atoms with Gasteiger partial charge in [0, 0.05) is 31.2 Å². The first-order valence-corrected chi connectivity index (χ1v) is 9.02. The molecule has 2 aliphatic rings. The fourth-order valence-electron chi connectivity index (χ4n) is 3.78. The van der Waals surface area contributed by atoms with Gasteiger partial charge < -0.3 is 15.5 Å². The lowest BCUT2D eigenvalue weighted by molar-refractivity contribution is 0.0901. The molecule has 1 aromatic rings. The van der Waals surface area contributed by atoms with Crippen LogP contribution in [-0.4, -0.2) is 49.6 Å². The molecule has 0 spiro atoms. The van der Waals surface area contributed by atoms with E-state index >= 15 is 0 Å². The number of carbonyl (C=O) groups is 1. The Morgan fingerprint density at radius 1 is 1.17 bits per heavy atom. The maximum Gasteiger partial charge on any atom is 0.251 e. The summed E-state index contributed by atoms with van der Waals surface area (Å²) in [6.07, 6.45) is 4.76. The summed E-state index contributed by atoms with van der Waals surface area (Å²) in [5, 5.41) is 6.66. The van der Waals surface area contributed by atoms with Gasteiger partial charge in [0.25, 0.3) is 5.91 Å². The average molecular weight is 315 g/mol. The zero-order valence-electron chi connectivity index (χ0n) is 14.2. The number of carbonyl (C=O) groups excluding carboxylic acids is 1. The van der Waals surface area contributed by atoms with Crippen LogP contribution in [0, 0.1) is 12.8 Å². The highest BCUT2D eigenvalue weighted by molar-refractivity contribution is 5.95. The average Bonchev–Trinajstić information content (AvgIpc) is 2.58. The van der Waals surface area contributed by atoms with Gasteiger partial charge in [-0.25, -0.2) is 0 Å². The molecule has 4 nitrogen and oxygen atoms in total. The molecule has 3 rings (SSSR count). The molecular weight excluding hydrogens is 286 g/mol. The van der Waals surface area contributed by atoms with Crippen LogP contribution in [0.3, 0.4) is 0 Å². The smallest absolute Gasteiger partial charge is 0.251 e. The van der Waals surface area contributed by atoms with Gasteiger partial charge in [-0.2, -0.15) is 0 Å². The van der Waals surface area contributed by atoms with E-state index in [9.17, 15) is 4.79 Å². The summed E-state index contributed by atoms with van der Waals surface area (Å²) in [7, 11) is 0. The number of amides is 1. The minimum atomic E-state index is 0.0832. The number of nitrogens with zero attached hydrogens (tertiary/aromatic N) is 1. The zero-order chi connectivity index (χ0) is 16.1. The monoisotopic (exact) mass is 315 g/mol. The second-order valence-electron chi connectivity index (χ2n) is 7.06. The minimum Gasteiger partial charge on any atom is -0.349 e. The Morgan fingerprint density at radius 2 is 1.87 bits per heavy atom. The normalized spacial score (nSPS) is 21.3.